The van der Waals surface area contributed by atoms with Crippen LogP contribution in [0.1, 0.15) is 159 Å². The first-order chi connectivity index (χ1) is 18.3. The van der Waals surface area contributed by atoms with Crippen molar-refractivity contribution in [1.82, 2.24) is 0 Å². The van der Waals surface area contributed by atoms with Crippen LogP contribution in [0.15, 0.2) is 36.4 Å². The number of hydrogen-bond acceptors (Lipinski definition) is 3. The smallest absolute Gasteiger partial charge is 0.417 e. The maximum absolute atomic E-state index is 6.83. The summed E-state index contributed by atoms with van der Waals surface area (Å²) in [6.07, 6.45) is 10.4. The van der Waals surface area contributed by atoms with Gasteiger partial charge in [0.15, 0.2) is 0 Å². The Kier molecular flexibility index (Phi) is 12.4. The van der Waals surface area contributed by atoms with E-state index in [0.29, 0.717) is 23.7 Å². The van der Waals surface area contributed by atoms with Crippen molar-refractivity contribution in [1.29, 1.82) is 0 Å². The van der Waals surface area contributed by atoms with Crippen molar-refractivity contribution in [3.8, 4) is 11.5 Å². The summed E-state index contributed by atoms with van der Waals surface area (Å²) in [6, 6.07) is 13.6. The van der Waals surface area contributed by atoms with Crippen LogP contribution in [-0.2, 0) is 4.52 Å². The number of benzene rings is 2. The lowest BCUT2D eigenvalue weighted by molar-refractivity contribution is 0.138. The average Bonchev–Trinajstić information content (AvgIpc) is 2.95. The van der Waals surface area contributed by atoms with Gasteiger partial charge in [-0.2, -0.15) is 0 Å². The molecule has 0 aromatic heterocycles. The van der Waals surface area contributed by atoms with E-state index in [9.17, 15) is 0 Å². The molecule has 0 N–H and O–H groups in total. The Morgan fingerprint density at radius 2 is 1.05 bits per heavy atom. The summed E-state index contributed by atoms with van der Waals surface area (Å²) in [5, 5.41) is 0. The first-order valence-electron chi connectivity index (χ1n) is 15.4. The fraction of sp³-hybridized carbons (Fsp3) is 0.647. The molecule has 0 amide bonds. The van der Waals surface area contributed by atoms with E-state index in [-0.39, 0.29) is 6.10 Å². The lowest BCUT2D eigenvalue weighted by Gasteiger charge is -2.28. The first-order valence-corrected chi connectivity index (χ1v) is 16.5. The minimum Gasteiger partial charge on any atom is -0.417 e. The van der Waals surface area contributed by atoms with Gasteiger partial charge in [0.1, 0.15) is 11.5 Å². The Bertz CT molecular complexity index is 914. The van der Waals surface area contributed by atoms with Crippen LogP contribution in [-0.4, -0.2) is 6.10 Å². The van der Waals surface area contributed by atoms with E-state index < -0.39 is 8.60 Å². The van der Waals surface area contributed by atoms with Crippen molar-refractivity contribution in [3.63, 3.8) is 0 Å². The molecule has 2 aromatic rings. The molecule has 4 heteroatoms. The molecule has 4 atom stereocenters. The van der Waals surface area contributed by atoms with Crippen molar-refractivity contribution in [2.24, 2.45) is 0 Å². The minimum atomic E-state index is -1.60. The largest absolute Gasteiger partial charge is 0.463 e. The lowest BCUT2D eigenvalue weighted by Crippen LogP contribution is -2.17. The van der Waals surface area contributed by atoms with Crippen LogP contribution in [0.4, 0.5) is 0 Å². The van der Waals surface area contributed by atoms with E-state index in [1.165, 1.54) is 41.5 Å². The van der Waals surface area contributed by atoms with Gasteiger partial charge in [-0.15, -0.1) is 0 Å². The van der Waals surface area contributed by atoms with Crippen LogP contribution < -0.4 is 9.05 Å². The zero-order valence-corrected chi connectivity index (χ0v) is 26.3. The zero-order chi connectivity index (χ0) is 27.7. The minimum absolute atomic E-state index is 0.199. The van der Waals surface area contributed by atoms with Crippen molar-refractivity contribution in [2.75, 3.05) is 0 Å². The van der Waals surface area contributed by atoms with E-state index in [2.05, 4.69) is 91.8 Å². The van der Waals surface area contributed by atoms with E-state index in [1.54, 1.807) is 0 Å². The second-order valence-electron chi connectivity index (χ2n) is 11.6. The fourth-order valence-corrected chi connectivity index (χ4v) is 6.33. The Balaban J connectivity index is 2.02. The summed E-state index contributed by atoms with van der Waals surface area (Å²) in [5.74, 6) is 3.65. The molecule has 2 aromatic carbocycles. The maximum atomic E-state index is 6.83. The normalized spacial score (nSPS) is 18.4. The third-order valence-corrected chi connectivity index (χ3v) is 10.0. The molecule has 3 nitrogen and oxygen atoms in total. The Labute approximate surface area is 235 Å². The molecule has 0 aliphatic heterocycles. The first kappa shape index (κ1) is 31.0. The lowest BCUT2D eigenvalue weighted by atomic mass is 9.92. The SMILES string of the molecule is CCC(C)c1ccc(C(C)CC)c(OP(Oc2cc(C(C)CC)ccc2C(C)CC)OC2CCCCC2)c1. The summed E-state index contributed by atoms with van der Waals surface area (Å²) >= 11 is 0. The van der Waals surface area contributed by atoms with Gasteiger partial charge in [0.25, 0.3) is 0 Å². The molecule has 4 unspecified atom stereocenters. The molecule has 0 heterocycles. The zero-order valence-electron chi connectivity index (χ0n) is 25.4. The standard InChI is InChI=1S/C34H53O3P/c1-9-24(5)28-18-20-31(26(7)11-3)33(22-28)36-38(35-30-16-14-13-15-17-30)37-34-23-29(25(6)10-2)19-21-32(34)27(8)12-4/h18-27,30H,9-17H2,1-8H3. The van der Waals surface area contributed by atoms with Gasteiger partial charge in [-0.3, -0.25) is 4.52 Å². The Morgan fingerprint density at radius 1 is 0.632 bits per heavy atom. The molecule has 1 aliphatic rings. The Morgan fingerprint density at radius 3 is 1.45 bits per heavy atom. The van der Waals surface area contributed by atoms with E-state index in [4.69, 9.17) is 13.6 Å². The molecular formula is C34H53O3P. The van der Waals surface area contributed by atoms with E-state index in [1.807, 2.05) is 0 Å². The Hall–Kier alpha value is -1.57. The van der Waals surface area contributed by atoms with Crippen LogP contribution in [0, 0.1) is 0 Å². The molecule has 3 rings (SSSR count). The fourth-order valence-electron chi connectivity index (χ4n) is 5.11. The molecule has 0 radical (unpaired) electrons. The third-order valence-electron chi connectivity index (χ3n) is 8.86. The molecule has 0 spiro atoms. The predicted molar refractivity (Wildman–Crippen MR) is 164 cm³/mol. The maximum Gasteiger partial charge on any atom is 0.463 e. The highest BCUT2D eigenvalue weighted by atomic mass is 31.2. The van der Waals surface area contributed by atoms with Crippen molar-refractivity contribution in [3.05, 3.63) is 58.7 Å². The van der Waals surface area contributed by atoms with Gasteiger partial charge in [0, 0.05) is 0 Å². The van der Waals surface area contributed by atoms with Gasteiger partial charge < -0.3 is 9.05 Å². The summed E-state index contributed by atoms with van der Waals surface area (Å²) in [7, 11) is -1.60. The van der Waals surface area contributed by atoms with Gasteiger partial charge in [-0.1, -0.05) is 98.9 Å². The van der Waals surface area contributed by atoms with Crippen molar-refractivity contribution in [2.45, 2.75) is 143 Å². The van der Waals surface area contributed by atoms with E-state index >= 15 is 0 Å². The highest BCUT2D eigenvalue weighted by molar-refractivity contribution is 7.42. The number of rotatable bonds is 14. The van der Waals surface area contributed by atoms with Crippen LogP contribution in [0.25, 0.3) is 0 Å². The van der Waals surface area contributed by atoms with E-state index in [0.717, 1.165) is 50.0 Å². The summed E-state index contributed by atoms with van der Waals surface area (Å²) in [5.41, 5.74) is 5.14. The molecule has 212 valence electrons. The van der Waals surface area contributed by atoms with Crippen LogP contribution in [0.5, 0.6) is 11.5 Å². The highest BCUT2D eigenvalue weighted by Crippen LogP contribution is 2.49. The van der Waals surface area contributed by atoms with Crippen molar-refractivity contribution >= 4 is 8.60 Å². The second-order valence-corrected chi connectivity index (χ2v) is 12.6. The third kappa shape index (κ3) is 8.22. The monoisotopic (exact) mass is 540 g/mol. The predicted octanol–water partition coefficient (Wildman–Crippen LogP) is 11.8. The molecule has 1 saturated carbocycles. The quantitative estimate of drug-likeness (QED) is 0.223. The van der Waals surface area contributed by atoms with Gasteiger partial charge >= 0.3 is 8.60 Å². The van der Waals surface area contributed by atoms with Gasteiger partial charge in [-0.25, -0.2) is 0 Å². The second kappa shape index (κ2) is 15.3. The molecule has 0 saturated heterocycles. The molecular weight excluding hydrogens is 487 g/mol. The molecule has 38 heavy (non-hydrogen) atoms. The van der Waals surface area contributed by atoms with Gasteiger partial charge in [0.05, 0.1) is 6.10 Å². The van der Waals surface area contributed by atoms with Crippen LogP contribution in [0.3, 0.4) is 0 Å². The summed E-state index contributed by atoms with van der Waals surface area (Å²) in [4.78, 5) is 0. The molecule has 0 bridgehead atoms. The molecule has 1 fully saturated rings. The van der Waals surface area contributed by atoms with Gasteiger partial charge in [0.2, 0.25) is 0 Å². The van der Waals surface area contributed by atoms with Gasteiger partial charge in [-0.05, 0) is 96.6 Å². The van der Waals surface area contributed by atoms with Crippen LogP contribution >= 0.6 is 8.60 Å². The summed E-state index contributed by atoms with van der Waals surface area (Å²) < 4.78 is 20.4. The average molecular weight is 541 g/mol. The number of hydrogen-bond donors (Lipinski definition) is 0. The highest BCUT2D eigenvalue weighted by Gasteiger charge is 2.28. The summed E-state index contributed by atoms with van der Waals surface area (Å²) in [6.45, 7) is 18.1. The molecule has 1 aliphatic carbocycles. The topological polar surface area (TPSA) is 27.7 Å². The van der Waals surface area contributed by atoms with Crippen LogP contribution in [0.2, 0.25) is 0 Å². The van der Waals surface area contributed by atoms with Crippen molar-refractivity contribution < 1.29 is 13.6 Å².